The number of carbonyl (C=O) groups is 2. The van der Waals surface area contributed by atoms with Crippen molar-refractivity contribution in [1.29, 1.82) is 0 Å². The Bertz CT molecular complexity index is 1430. The van der Waals surface area contributed by atoms with E-state index in [1.54, 1.807) is 11.0 Å². The molecule has 9 heteroatoms. The second-order valence-electron chi connectivity index (χ2n) is 12.6. The third kappa shape index (κ3) is 8.24. The van der Waals surface area contributed by atoms with Crippen molar-refractivity contribution < 1.29 is 28.5 Å². The van der Waals surface area contributed by atoms with E-state index in [9.17, 15) is 9.59 Å². The van der Waals surface area contributed by atoms with Crippen molar-refractivity contribution in [3.63, 3.8) is 0 Å². The van der Waals surface area contributed by atoms with Gasteiger partial charge < -0.3 is 28.4 Å². The van der Waals surface area contributed by atoms with Crippen molar-refractivity contribution in [2.45, 2.75) is 65.2 Å². The summed E-state index contributed by atoms with van der Waals surface area (Å²) >= 11 is 0. The molecule has 2 heterocycles. The van der Waals surface area contributed by atoms with E-state index in [0.717, 1.165) is 34.7 Å². The number of nitrogens with zero attached hydrogens (tertiary/aromatic N) is 2. The van der Waals surface area contributed by atoms with E-state index in [4.69, 9.17) is 18.9 Å². The summed E-state index contributed by atoms with van der Waals surface area (Å²) in [6.07, 6.45) is 4.38. The number of hydrogen-bond donors (Lipinski definition) is 0. The molecule has 0 N–H and O–H groups in total. The van der Waals surface area contributed by atoms with Crippen molar-refractivity contribution in [3.05, 3.63) is 65.9 Å². The Hall–Kier alpha value is -3.56. The molecule has 2 aromatic carbocycles. The van der Waals surface area contributed by atoms with Gasteiger partial charge in [0.1, 0.15) is 29.4 Å². The Labute approximate surface area is 243 Å². The molecule has 41 heavy (non-hydrogen) atoms. The van der Waals surface area contributed by atoms with E-state index < -0.39 is 19.6 Å². The molecule has 0 unspecified atom stereocenters. The first-order chi connectivity index (χ1) is 19.3. The van der Waals surface area contributed by atoms with Gasteiger partial charge in [0.2, 0.25) is 0 Å². The van der Waals surface area contributed by atoms with Gasteiger partial charge in [-0.15, -0.1) is 0 Å². The Morgan fingerprint density at radius 3 is 2.46 bits per heavy atom. The lowest BCUT2D eigenvalue weighted by molar-refractivity contribution is 0.0270. The lowest BCUT2D eigenvalue weighted by Gasteiger charge is -2.29. The molecule has 8 nitrogen and oxygen atoms in total. The molecule has 1 amide bonds. The highest BCUT2D eigenvalue weighted by Crippen LogP contribution is 2.33. The van der Waals surface area contributed by atoms with E-state index in [-0.39, 0.29) is 6.09 Å². The molecule has 1 aromatic heterocycles. The minimum atomic E-state index is -1.13. The van der Waals surface area contributed by atoms with Gasteiger partial charge in [0.05, 0.1) is 12.6 Å². The van der Waals surface area contributed by atoms with Crippen molar-refractivity contribution in [2.24, 2.45) is 0 Å². The van der Waals surface area contributed by atoms with Gasteiger partial charge >= 0.3 is 12.1 Å². The summed E-state index contributed by atoms with van der Waals surface area (Å²) in [6, 6.07) is 14.5. The molecule has 0 aliphatic carbocycles. The summed E-state index contributed by atoms with van der Waals surface area (Å²) in [5.41, 5.74) is 2.86. The highest BCUT2D eigenvalue weighted by molar-refractivity contribution is 6.76. The minimum absolute atomic E-state index is 0.319. The zero-order valence-electron chi connectivity index (χ0n) is 25.3. The molecule has 0 fully saturated rings. The molecule has 0 atom stereocenters. The van der Waals surface area contributed by atoms with Gasteiger partial charge in [0, 0.05) is 39.4 Å². The largest absolute Gasteiger partial charge is 0.465 e. The lowest BCUT2D eigenvalue weighted by Crippen LogP contribution is -2.39. The highest BCUT2D eigenvalue weighted by Gasteiger charge is 2.25. The topological polar surface area (TPSA) is 79.2 Å². The monoisotopic (exact) mass is 578 g/mol. The average Bonchev–Trinajstić information content (AvgIpc) is 3.31. The van der Waals surface area contributed by atoms with Crippen LogP contribution in [0.3, 0.4) is 0 Å². The standard InChI is InChI=1S/C32H42N2O6Si/c1-32(2,3)40-31(36)33-15-12-23(13-16-33)24-8-10-27(30(35)37-4)29(21-24)39-26-9-11-28-25(20-26)14-17-34(28)22-38-18-19-41(5,6)7/h8-12,14,17,20-21H,13,15-16,18-19,22H2,1-7H3. The Balaban J connectivity index is 1.51. The number of fused-ring (bicyclic) bond motifs is 1. The predicted octanol–water partition coefficient (Wildman–Crippen LogP) is 7.56. The van der Waals surface area contributed by atoms with Crippen LogP contribution in [0.4, 0.5) is 4.79 Å². The van der Waals surface area contributed by atoms with Crippen molar-refractivity contribution in [1.82, 2.24) is 9.47 Å². The fourth-order valence-electron chi connectivity index (χ4n) is 4.53. The molecule has 0 bridgehead atoms. The maximum atomic E-state index is 12.6. The molecule has 0 saturated heterocycles. The number of carbonyl (C=O) groups excluding carboxylic acids is 2. The Morgan fingerprint density at radius 2 is 1.80 bits per heavy atom. The number of benzene rings is 2. The van der Waals surface area contributed by atoms with Crippen molar-refractivity contribution >= 4 is 36.6 Å². The number of aromatic nitrogens is 1. The molecule has 220 valence electrons. The number of ether oxygens (including phenoxy) is 4. The summed E-state index contributed by atoms with van der Waals surface area (Å²) in [6.45, 7) is 14.9. The second kappa shape index (κ2) is 12.5. The van der Waals surface area contributed by atoms with Gasteiger partial charge in [-0.3, -0.25) is 0 Å². The zero-order chi connectivity index (χ0) is 29.8. The molecule has 3 aromatic rings. The van der Waals surface area contributed by atoms with Gasteiger partial charge in [0.25, 0.3) is 0 Å². The van der Waals surface area contributed by atoms with Crippen LogP contribution < -0.4 is 4.74 Å². The minimum Gasteiger partial charge on any atom is -0.465 e. The SMILES string of the molecule is COC(=O)c1ccc(C2=CCN(C(=O)OC(C)(C)C)CC2)cc1Oc1ccc2c(ccn2COCC[Si](C)(C)C)c1. The zero-order valence-corrected chi connectivity index (χ0v) is 26.3. The molecule has 0 spiro atoms. The van der Waals surface area contributed by atoms with Crippen molar-refractivity contribution in [3.8, 4) is 11.5 Å². The van der Waals surface area contributed by atoms with E-state index in [2.05, 4.69) is 24.2 Å². The van der Waals surface area contributed by atoms with Crippen LogP contribution in [-0.2, 0) is 20.9 Å². The normalized spacial score (nSPS) is 14.1. The molecule has 1 aliphatic heterocycles. The van der Waals surface area contributed by atoms with Gasteiger partial charge in [-0.2, -0.15) is 0 Å². The Morgan fingerprint density at radius 1 is 1.02 bits per heavy atom. The van der Waals surface area contributed by atoms with Crippen LogP contribution in [0.25, 0.3) is 16.5 Å². The number of amides is 1. The van der Waals surface area contributed by atoms with Crippen LogP contribution in [0.2, 0.25) is 25.7 Å². The highest BCUT2D eigenvalue weighted by atomic mass is 28.3. The van der Waals surface area contributed by atoms with E-state index in [0.29, 0.717) is 43.3 Å². The second-order valence-corrected chi connectivity index (χ2v) is 18.2. The first-order valence-corrected chi connectivity index (χ1v) is 17.8. The molecular weight excluding hydrogens is 536 g/mol. The third-order valence-corrected chi connectivity index (χ3v) is 8.52. The summed E-state index contributed by atoms with van der Waals surface area (Å²) in [5.74, 6) is 0.562. The van der Waals surface area contributed by atoms with Crippen LogP contribution in [0.15, 0.2) is 54.7 Å². The smallest absolute Gasteiger partial charge is 0.410 e. The number of rotatable bonds is 9. The maximum Gasteiger partial charge on any atom is 0.410 e. The van der Waals surface area contributed by atoms with E-state index >= 15 is 0 Å². The number of hydrogen-bond acceptors (Lipinski definition) is 6. The van der Waals surface area contributed by atoms with Crippen LogP contribution in [0.1, 0.15) is 43.1 Å². The summed E-state index contributed by atoms with van der Waals surface area (Å²) in [5, 5.41) is 1.02. The summed E-state index contributed by atoms with van der Waals surface area (Å²) < 4.78 is 24.8. The summed E-state index contributed by atoms with van der Waals surface area (Å²) in [7, 11) is 0.224. The molecule has 4 rings (SSSR count). The molecule has 0 radical (unpaired) electrons. The maximum absolute atomic E-state index is 12.6. The predicted molar refractivity (Wildman–Crippen MR) is 164 cm³/mol. The average molecular weight is 579 g/mol. The van der Waals surface area contributed by atoms with Gasteiger partial charge in [0.15, 0.2) is 0 Å². The van der Waals surface area contributed by atoms with Crippen LogP contribution in [0.5, 0.6) is 11.5 Å². The van der Waals surface area contributed by atoms with Crippen LogP contribution >= 0.6 is 0 Å². The Kier molecular flexibility index (Phi) is 9.29. The van der Waals surface area contributed by atoms with Gasteiger partial charge in [-0.25, -0.2) is 9.59 Å². The van der Waals surface area contributed by atoms with Gasteiger partial charge in [-0.05, 0) is 80.8 Å². The summed E-state index contributed by atoms with van der Waals surface area (Å²) in [4.78, 5) is 26.7. The third-order valence-electron chi connectivity index (χ3n) is 6.82. The van der Waals surface area contributed by atoms with E-state index in [1.807, 2.05) is 69.4 Å². The molecular formula is C32H42N2O6Si. The van der Waals surface area contributed by atoms with E-state index in [1.165, 1.54) is 7.11 Å². The van der Waals surface area contributed by atoms with Crippen LogP contribution in [0, 0.1) is 0 Å². The lowest BCUT2D eigenvalue weighted by atomic mass is 9.98. The first kappa shape index (κ1) is 30.4. The quantitative estimate of drug-likeness (QED) is 0.148. The first-order valence-electron chi connectivity index (χ1n) is 14.1. The molecule has 0 saturated carbocycles. The number of methoxy groups -OCH3 is 1. The molecule has 1 aliphatic rings. The fraction of sp³-hybridized carbons (Fsp3) is 0.438. The fourth-order valence-corrected chi connectivity index (χ4v) is 5.29. The van der Waals surface area contributed by atoms with Gasteiger partial charge in [-0.1, -0.05) is 31.8 Å². The van der Waals surface area contributed by atoms with Crippen molar-refractivity contribution in [2.75, 3.05) is 26.8 Å². The number of esters is 1. The van der Waals surface area contributed by atoms with Crippen LogP contribution in [-0.4, -0.2) is 62.0 Å².